The molecule has 88 valence electrons. The molecule has 2 aromatic rings. The molecule has 17 heavy (non-hydrogen) atoms. The van der Waals surface area contributed by atoms with E-state index in [9.17, 15) is 8.78 Å². The monoisotopic (exact) mass is 256 g/mol. The molecular weight excluding hydrogens is 250 g/mol. The quantitative estimate of drug-likeness (QED) is 0.844. The number of alkyl halides is 2. The predicted octanol–water partition coefficient (Wildman–Crippen LogP) is 3.40. The molecular formula is C11H7ClF2N2O. The molecule has 0 bridgehead atoms. The zero-order valence-electron chi connectivity index (χ0n) is 8.48. The Morgan fingerprint density at radius 1 is 1.29 bits per heavy atom. The maximum absolute atomic E-state index is 12.2. The van der Waals surface area contributed by atoms with E-state index in [1.165, 1.54) is 18.5 Å². The van der Waals surface area contributed by atoms with Crippen LogP contribution in [0, 0.1) is 0 Å². The van der Waals surface area contributed by atoms with Crippen LogP contribution in [0.5, 0.6) is 5.88 Å². The maximum Gasteiger partial charge on any atom is 0.388 e. The van der Waals surface area contributed by atoms with Crippen molar-refractivity contribution in [1.82, 2.24) is 9.97 Å². The van der Waals surface area contributed by atoms with E-state index < -0.39 is 6.61 Å². The van der Waals surface area contributed by atoms with Crippen molar-refractivity contribution in [2.24, 2.45) is 0 Å². The van der Waals surface area contributed by atoms with E-state index in [1.807, 2.05) is 0 Å². The van der Waals surface area contributed by atoms with Crippen LogP contribution in [0.25, 0.3) is 11.1 Å². The van der Waals surface area contributed by atoms with Gasteiger partial charge in [0.15, 0.2) is 0 Å². The molecule has 0 aliphatic carbocycles. The molecule has 0 aromatic carbocycles. The van der Waals surface area contributed by atoms with E-state index in [0.717, 1.165) is 0 Å². The van der Waals surface area contributed by atoms with Crippen LogP contribution in [0.15, 0.2) is 36.8 Å². The van der Waals surface area contributed by atoms with Crippen molar-refractivity contribution in [3.63, 3.8) is 0 Å². The van der Waals surface area contributed by atoms with Gasteiger partial charge in [0.2, 0.25) is 5.88 Å². The zero-order chi connectivity index (χ0) is 12.3. The van der Waals surface area contributed by atoms with Gasteiger partial charge in [-0.25, -0.2) is 4.98 Å². The molecule has 0 N–H and O–H groups in total. The fourth-order valence-electron chi connectivity index (χ4n) is 1.33. The van der Waals surface area contributed by atoms with Crippen LogP contribution in [0.2, 0.25) is 5.02 Å². The lowest BCUT2D eigenvalue weighted by atomic mass is 10.1. The standard InChI is InChI=1S/C11H7ClF2N2O/c12-8-4-9(7-2-1-3-15-5-7)10(16-6-8)17-11(13)14/h1-6,11H. The number of ether oxygens (including phenoxy) is 1. The highest BCUT2D eigenvalue weighted by Gasteiger charge is 2.13. The fraction of sp³-hybridized carbons (Fsp3) is 0.0909. The number of pyridine rings is 2. The van der Waals surface area contributed by atoms with Gasteiger partial charge in [-0.05, 0) is 12.1 Å². The summed E-state index contributed by atoms with van der Waals surface area (Å²) in [4.78, 5) is 7.63. The van der Waals surface area contributed by atoms with Crippen molar-refractivity contribution < 1.29 is 13.5 Å². The average molecular weight is 257 g/mol. The molecule has 0 radical (unpaired) electrons. The van der Waals surface area contributed by atoms with E-state index in [-0.39, 0.29) is 5.88 Å². The van der Waals surface area contributed by atoms with Gasteiger partial charge in [-0.2, -0.15) is 8.78 Å². The van der Waals surface area contributed by atoms with Crippen LogP contribution in [0.3, 0.4) is 0 Å². The topological polar surface area (TPSA) is 35.0 Å². The summed E-state index contributed by atoms with van der Waals surface area (Å²) in [5.74, 6) is -0.169. The van der Waals surface area contributed by atoms with Gasteiger partial charge < -0.3 is 4.74 Å². The summed E-state index contributed by atoms with van der Waals surface area (Å²) in [6.45, 7) is -2.93. The Balaban J connectivity index is 2.47. The van der Waals surface area contributed by atoms with Crippen molar-refractivity contribution in [3.05, 3.63) is 41.8 Å². The highest BCUT2D eigenvalue weighted by Crippen LogP contribution is 2.30. The van der Waals surface area contributed by atoms with Gasteiger partial charge in [0.1, 0.15) is 0 Å². The summed E-state index contributed by atoms with van der Waals surface area (Å²) in [7, 11) is 0. The lowest BCUT2D eigenvalue weighted by Gasteiger charge is -2.09. The summed E-state index contributed by atoms with van der Waals surface area (Å²) in [5, 5.41) is 0.338. The molecule has 2 aromatic heterocycles. The largest absolute Gasteiger partial charge is 0.416 e. The number of hydrogen-bond acceptors (Lipinski definition) is 3. The Morgan fingerprint density at radius 2 is 2.12 bits per heavy atom. The van der Waals surface area contributed by atoms with E-state index in [2.05, 4.69) is 14.7 Å². The van der Waals surface area contributed by atoms with Crippen LogP contribution in [-0.4, -0.2) is 16.6 Å². The Bertz CT molecular complexity index is 508. The molecule has 0 saturated carbocycles. The Kier molecular flexibility index (Phi) is 3.49. The van der Waals surface area contributed by atoms with Gasteiger partial charge in [0, 0.05) is 29.7 Å². The third-order valence-electron chi connectivity index (χ3n) is 1.99. The third-order valence-corrected chi connectivity index (χ3v) is 2.20. The first-order valence-electron chi connectivity index (χ1n) is 4.67. The van der Waals surface area contributed by atoms with Crippen molar-refractivity contribution in [1.29, 1.82) is 0 Å². The average Bonchev–Trinajstić information content (AvgIpc) is 2.32. The molecule has 0 saturated heterocycles. The Hall–Kier alpha value is -1.75. The summed E-state index contributed by atoms with van der Waals surface area (Å²) in [6, 6.07) is 4.89. The van der Waals surface area contributed by atoms with Gasteiger partial charge in [0.25, 0.3) is 0 Å². The third kappa shape index (κ3) is 2.88. The van der Waals surface area contributed by atoms with Crippen molar-refractivity contribution in [3.8, 4) is 17.0 Å². The second-order valence-corrected chi connectivity index (χ2v) is 3.56. The van der Waals surface area contributed by atoms with E-state index >= 15 is 0 Å². The van der Waals surface area contributed by atoms with Gasteiger partial charge in [-0.15, -0.1) is 0 Å². The molecule has 0 spiro atoms. The fourth-order valence-corrected chi connectivity index (χ4v) is 1.49. The molecule has 0 amide bonds. The van der Waals surface area contributed by atoms with E-state index in [4.69, 9.17) is 11.6 Å². The van der Waals surface area contributed by atoms with Gasteiger partial charge in [-0.3, -0.25) is 4.98 Å². The maximum atomic E-state index is 12.2. The Labute approximate surface area is 101 Å². The van der Waals surface area contributed by atoms with Crippen LogP contribution >= 0.6 is 11.6 Å². The smallest absolute Gasteiger partial charge is 0.388 e. The molecule has 3 nitrogen and oxygen atoms in total. The number of rotatable bonds is 3. The molecule has 2 heterocycles. The minimum atomic E-state index is -2.93. The lowest BCUT2D eigenvalue weighted by Crippen LogP contribution is -2.04. The number of nitrogens with zero attached hydrogens (tertiary/aromatic N) is 2. The minimum absolute atomic E-state index is 0.169. The highest BCUT2D eigenvalue weighted by molar-refractivity contribution is 6.30. The van der Waals surface area contributed by atoms with Crippen LogP contribution in [0.1, 0.15) is 0 Å². The molecule has 2 rings (SSSR count). The zero-order valence-corrected chi connectivity index (χ0v) is 9.23. The number of halogens is 3. The molecule has 6 heteroatoms. The predicted molar refractivity (Wildman–Crippen MR) is 59.1 cm³/mol. The Morgan fingerprint density at radius 3 is 2.76 bits per heavy atom. The molecule has 0 unspecified atom stereocenters. The molecule has 0 aliphatic rings. The second-order valence-electron chi connectivity index (χ2n) is 3.13. The van der Waals surface area contributed by atoms with Gasteiger partial charge >= 0.3 is 6.61 Å². The van der Waals surface area contributed by atoms with Crippen LogP contribution < -0.4 is 4.74 Å². The normalized spacial score (nSPS) is 10.6. The van der Waals surface area contributed by atoms with Crippen LogP contribution in [-0.2, 0) is 0 Å². The first-order chi connectivity index (χ1) is 8.16. The molecule has 0 fully saturated rings. The van der Waals surface area contributed by atoms with Crippen molar-refractivity contribution in [2.75, 3.05) is 0 Å². The van der Waals surface area contributed by atoms with Crippen LogP contribution in [0.4, 0.5) is 8.78 Å². The first kappa shape index (κ1) is 11.7. The summed E-state index contributed by atoms with van der Waals surface area (Å²) < 4.78 is 28.7. The van der Waals surface area contributed by atoms with E-state index in [0.29, 0.717) is 16.1 Å². The highest BCUT2D eigenvalue weighted by atomic mass is 35.5. The van der Waals surface area contributed by atoms with Gasteiger partial charge in [-0.1, -0.05) is 17.7 Å². The summed E-state index contributed by atoms with van der Waals surface area (Å²) in [5.41, 5.74) is 0.990. The van der Waals surface area contributed by atoms with Crippen molar-refractivity contribution in [2.45, 2.75) is 6.61 Å². The summed E-state index contributed by atoms with van der Waals surface area (Å²) in [6.07, 6.45) is 4.35. The number of hydrogen-bond donors (Lipinski definition) is 0. The van der Waals surface area contributed by atoms with Crippen molar-refractivity contribution >= 4 is 11.6 Å². The minimum Gasteiger partial charge on any atom is -0.416 e. The molecule has 0 atom stereocenters. The SMILES string of the molecule is FC(F)Oc1ncc(Cl)cc1-c1cccnc1. The molecule has 0 aliphatic heterocycles. The second kappa shape index (κ2) is 5.05. The lowest BCUT2D eigenvalue weighted by molar-refractivity contribution is -0.0524. The first-order valence-corrected chi connectivity index (χ1v) is 5.05. The van der Waals surface area contributed by atoms with E-state index in [1.54, 1.807) is 18.3 Å². The number of aromatic nitrogens is 2. The summed E-state index contributed by atoms with van der Waals surface area (Å²) >= 11 is 5.78. The van der Waals surface area contributed by atoms with Gasteiger partial charge in [0.05, 0.1) is 5.02 Å².